The monoisotopic (exact) mass is 210 g/mol. The van der Waals surface area contributed by atoms with Gasteiger partial charge in [0, 0.05) is 20.2 Å². The molecule has 0 aromatic carbocycles. The highest BCUT2D eigenvalue weighted by molar-refractivity contribution is 5.94. The zero-order valence-electron chi connectivity index (χ0n) is 8.53. The minimum absolute atomic E-state index is 0.0254. The van der Waals surface area contributed by atoms with Crippen LogP contribution in [0.3, 0.4) is 0 Å². The van der Waals surface area contributed by atoms with Gasteiger partial charge in [0.05, 0.1) is 24.0 Å². The summed E-state index contributed by atoms with van der Waals surface area (Å²) in [7, 11) is 1.65. The van der Waals surface area contributed by atoms with Crippen molar-refractivity contribution in [2.24, 2.45) is 0 Å². The molecule has 1 amide bonds. The van der Waals surface area contributed by atoms with E-state index in [0.717, 1.165) is 13.1 Å². The van der Waals surface area contributed by atoms with E-state index in [9.17, 15) is 4.79 Å². The van der Waals surface area contributed by atoms with Gasteiger partial charge in [-0.2, -0.15) is 0 Å². The molecule has 2 heterocycles. The van der Waals surface area contributed by atoms with Crippen LogP contribution in [-0.4, -0.2) is 38.3 Å². The molecule has 1 saturated heterocycles. The van der Waals surface area contributed by atoms with Crippen molar-refractivity contribution in [2.75, 3.05) is 20.2 Å². The van der Waals surface area contributed by atoms with Crippen LogP contribution in [0.25, 0.3) is 0 Å². The number of furan rings is 1. The van der Waals surface area contributed by atoms with Crippen LogP contribution in [0.5, 0.6) is 0 Å². The van der Waals surface area contributed by atoms with Gasteiger partial charge in [-0.05, 0) is 6.07 Å². The molecular weight excluding hydrogens is 196 g/mol. The van der Waals surface area contributed by atoms with Gasteiger partial charge < -0.3 is 19.8 Å². The molecule has 15 heavy (non-hydrogen) atoms. The van der Waals surface area contributed by atoms with Crippen LogP contribution in [0, 0.1) is 0 Å². The molecule has 1 aliphatic heterocycles. The van der Waals surface area contributed by atoms with E-state index in [1.807, 2.05) is 0 Å². The van der Waals surface area contributed by atoms with E-state index >= 15 is 0 Å². The highest BCUT2D eigenvalue weighted by atomic mass is 16.5. The third kappa shape index (κ3) is 2.19. The number of nitrogens with one attached hydrogen (secondary N) is 2. The maximum atomic E-state index is 11.7. The molecule has 0 saturated carbocycles. The molecular formula is C10H14N2O3. The van der Waals surface area contributed by atoms with Crippen molar-refractivity contribution in [1.82, 2.24) is 10.6 Å². The number of hydrogen-bond donors (Lipinski definition) is 2. The zero-order chi connectivity index (χ0) is 10.7. The Kier molecular flexibility index (Phi) is 3.03. The van der Waals surface area contributed by atoms with Gasteiger partial charge in [-0.1, -0.05) is 0 Å². The molecule has 0 bridgehead atoms. The molecule has 2 atom stereocenters. The van der Waals surface area contributed by atoms with Gasteiger partial charge in [0.15, 0.2) is 0 Å². The van der Waals surface area contributed by atoms with Crippen molar-refractivity contribution in [3.8, 4) is 0 Å². The maximum absolute atomic E-state index is 11.7. The zero-order valence-corrected chi connectivity index (χ0v) is 8.53. The van der Waals surface area contributed by atoms with Crippen molar-refractivity contribution in [1.29, 1.82) is 0 Å². The van der Waals surface area contributed by atoms with Crippen LogP contribution in [0.4, 0.5) is 0 Å². The normalized spacial score (nSPS) is 25.4. The summed E-state index contributed by atoms with van der Waals surface area (Å²) in [6, 6.07) is 1.66. The molecule has 1 fully saturated rings. The summed E-state index contributed by atoms with van der Waals surface area (Å²) in [6.45, 7) is 1.51. The fraction of sp³-hybridized carbons (Fsp3) is 0.500. The lowest BCUT2D eigenvalue weighted by molar-refractivity contribution is 0.0779. The second kappa shape index (κ2) is 4.46. The van der Waals surface area contributed by atoms with E-state index in [2.05, 4.69) is 10.6 Å². The van der Waals surface area contributed by atoms with Gasteiger partial charge >= 0.3 is 0 Å². The molecule has 1 unspecified atom stereocenters. The Hall–Kier alpha value is -1.33. The molecule has 5 nitrogen and oxygen atoms in total. The van der Waals surface area contributed by atoms with Crippen LogP contribution in [0.15, 0.2) is 23.0 Å². The van der Waals surface area contributed by atoms with Crippen molar-refractivity contribution in [2.45, 2.75) is 12.1 Å². The largest absolute Gasteiger partial charge is 0.472 e. The van der Waals surface area contributed by atoms with Gasteiger partial charge in [0.1, 0.15) is 6.26 Å². The Balaban J connectivity index is 1.94. The quantitative estimate of drug-likeness (QED) is 0.737. The van der Waals surface area contributed by atoms with Gasteiger partial charge in [0.25, 0.3) is 5.91 Å². The first-order valence-corrected chi connectivity index (χ1v) is 4.88. The average molecular weight is 210 g/mol. The van der Waals surface area contributed by atoms with Crippen LogP contribution in [-0.2, 0) is 4.74 Å². The number of carbonyl (C=O) groups excluding carboxylic acids is 1. The summed E-state index contributed by atoms with van der Waals surface area (Å²) >= 11 is 0. The number of methoxy groups -OCH3 is 1. The predicted molar refractivity (Wildman–Crippen MR) is 53.6 cm³/mol. The summed E-state index contributed by atoms with van der Waals surface area (Å²) in [5.41, 5.74) is 0.539. The summed E-state index contributed by atoms with van der Waals surface area (Å²) < 4.78 is 10.1. The van der Waals surface area contributed by atoms with E-state index in [0.29, 0.717) is 5.56 Å². The van der Waals surface area contributed by atoms with Crippen LogP contribution in [0.1, 0.15) is 10.4 Å². The maximum Gasteiger partial charge on any atom is 0.254 e. The standard InChI is InChI=1S/C10H14N2O3/c1-14-9-5-11-4-8(9)12-10(13)7-2-3-15-6-7/h2-3,6,8-9,11H,4-5H2,1H3,(H,12,13)/t8?,9-/m0/s1. The Labute approximate surface area is 87.8 Å². The Morgan fingerprint density at radius 2 is 2.53 bits per heavy atom. The molecule has 2 rings (SSSR count). The lowest BCUT2D eigenvalue weighted by Gasteiger charge is -2.17. The molecule has 82 valence electrons. The third-order valence-corrected chi connectivity index (χ3v) is 2.56. The first-order chi connectivity index (χ1) is 7.31. The topological polar surface area (TPSA) is 63.5 Å². The van der Waals surface area contributed by atoms with E-state index in [-0.39, 0.29) is 18.1 Å². The van der Waals surface area contributed by atoms with Crippen LogP contribution in [0.2, 0.25) is 0 Å². The molecule has 1 aromatic heterocycles. The van der Waals surface area contributed by atoms with Crippen LogP contribution >= 0.6 is 0 Å². The molecule has 1 aliphatic rings. The van der Waals surface area contributed by atoms with Crippen molar-refractivity contribution in [3.63, 3.8) is 0 Å². The van der Waals surface area contributed by atoms with Crippen molar-refractivity contribution < 1.29 is 13.9 Å². The SMILES string of the molecule is CO[C@H]1CNCC1NC(=O)c1ccoc1. The lowest BCUT2D eigenvalue weighted by atomic mass is 10.2. The Bertz CT molecular complexity index is 323. The minimum atomic E-state index is -0.125. The first kappa shape index (κ1) is 10.2. The van der Waals surface area contributed by atoms with E-state index in [1.165, 1.54) is 12.5 Å². The second-order valence-electron chi connectivity index (χ2n) is 3.52. The molecule has 0 spiro atoms. The molecule has 0 aliphatic carbocycles. The summed E-state index contributed by atoms with van der Waals surface area (Å²) in [5.74, 6) is -0.125. The van der Waals surface area contributed by atoms with Gasteiger partial charge in [-0.25, -0.2) is 0 Å². The Morgan fingerprint density at radius 3 is 3.20 bits per heavy atom. The van der Waals surface area contributed by atoms with Crippen molar-refractivity contribution in [3.05, 3.63) is 24.2 Å². The summed E-state index contributed by atoms with van der Waals surface area (Å²) in [4.78, 5) is 11.7. The number of hydrogen-bond acceptors (Lipinski definition) is 4. The minimum Gasteiger partial charge on any atom is -0.472 e. The highest BCUT2D eigenvalue weighted by Crippen LogP contribution is 2.06. The van der Waals surface area contributed by atoms with Gasteiger partial charge in [0.2, 0.25) is 0 Å². The Morgan fingerprint density at radius 1 is 1.67 bits per heavy atom. The summed E-state index contributed by atoms with van der Waals surface area (Å²) in [6.07, 6.45) is 2.95. The predicted octanol–water partition coefficient (Wildman–Crippen LogP) is -0.00380. The molecule has 0 radical (unpaired) electrons. The fourth-order valence-corrected chi connectivity index (χ4v) is 1.69. The number of ether oxygens (including phenoxy) is 1. The van der Waals surface area contributed by atoms with Gasteiger partial charge in [-0.15, -0.1) is 0 Å². The summed E-state index contributed by atoms with van der Waals surface area (Å²) in [5, 5.41) is 6.06. The van der Waals surface area contributed by atoms with Crippen LogP contribution < -0.4 is 10.6 Å². The highest BCUT2D eigenvalue weighted by Gasteiger charge is 2.28. The van der Waals surface area contributed by atoms with E-state index in [4.69, 9.17) is 9.15 Å². The first-order valence-electron chi connectivity index (χ1n) is 4.88. The number of carbonyl (C=O) groups is 1. The average Bonchev–Trinajstić information content (AvgIpc) is 2.87. The number of rotatable bonds is 3. The van der Waals surface area contributed by atoms with Crippen molar-refractivity contribution >= 4 is 5.91 Å². The molecule has 1 aromatic rings. The second-order valence-corrected chi connectivity index (χ2v) is 3.52. The number of amides is 1. The lowest BCUT2D eigenvalue weighted by Crippen LogP contribution is -2.43. The molecule has 5 heteroatoms. The smallest absolute Gasteiger partial charge is 0.254 e. The fourth-order valence-electron chi connectivity index (χ4n) is 1.69. The van der Waals surface area contributed by atoms with E-state index in [1.54, 1.807) is 13.2 Å². The molecule has 2 N–H and O–H groups in total. The van der Waals surface area contributed by atoms with E-state index < -0.39 is 0 Å². The van der Waals surface area contributed by atoms with Gasteiger partial charge in [-0.3, -0.25) is 4.79 Å². The third-order valence-electron chi connectivity index (χ3n) is 2.56.